The van der Waals surface area contributed by atoms with E-state index in [-0.39, 0.29) is 24.4 Å². The number of nitrogens with zero attached hydrogens (tertiary/aromatic N) is 1. The maximum absolute atomic E-state index is 12.2. The molecule has 0 heterocycles. The summed E-state index contributed by atoms with van der Waals surface area (Å²) >= 11 is 0. The first-order valence-corrected chi connectivity index (χ1v) is 7.64. The third-order valence-electron chi connectivity index (χ3n) is 3.64. The molecule has 0 aromatic heterocycles. The standard InChI is InChI=1S/C18H18N2O5/c1-25-18(22)15(12-14-9-5-6-10-16(14)20(23)24)19-17(21)11-13-7-3-2-4-8-13/h2-10,15H,11-12H2,1H3,(H,19,21)/t15-/m0/s1. The number of esters is 1. The van der Waals surface area contributed by atoms with E-state index < -0.39 is 16.9 Å². The zero-order chi connectivity index (χ0) is 18.2. The molecule has 2 aromatic rings. The number of carbonyl (C=O) groups is 2. The number of benzene rings is 2. The van der Waals surface area contributed by atoms with Gasteiger partial charge in [0.1, 0.15) is 6.04 Å². The number of hydrogen-bond acceptors (Lipinski definition) is 5. The predicted octanol–water partition coefficient (Wildman–Crippen LogP) is 2.04. The van der Waals surface area contributed by atoms with Crippen LogP contribution in [-0.2, 0) is 27.2 Å². The minimum Gasteiger partial charge on any atom is -0.467 e. The van der Waals surface area contributed by atoms with Crippen molar-refractivity contribution < 1.29 is 19.2 Å². The summed E-state index contributed by atoms with van der Waals surface area (Å²) in [5, 5.41) is 13.7. The SMILES string of the molecule is COC(=O)[C@H](Cc1ccccc1[N+](=O)[O-])NC(=O)Cc1ccccc1. The molecule has 130 valence electrons. The van der Waals surface area contributed by atoms with Gasteiger partial charge in [0.05, 0.1) is 18.5 Å². The van der Waals surface area contributed by atoms with Gasteiger partial charge < -0.3 is 10.1 Å². The number of carbonyl (C=O) groups excluding carboxylic acids is 2. The molecule has 0 saturated carbocycles. The van der Waals surface area contributed by atoms with E-state index in [1.165, 1.54) is 13.2 Å². The summed E-state index contributed by atoms with van der Waals surface area (Å²) in [7, 11) is 1.21. The quantitative estimate of drug-likeness (QED) is 0.472. The van der Waals surface area contributed by atoms with Gasteiger partial charge in [-0.25, -0.2) is 4.79 Å². The summed E-state index contributed by atoms with van der Waals surface area (Å²) in [6, 6.07) is 14.2. The third-order valence-corrected chi connectivity index (χ3v) is 3.64. The van der Waals surface area contributed by atoms with E-state index in [0.717, 1.165) is 5.56 Å². The Morgan fingerprint density at radius 2 is 1.76 bits per heavy atom. The molecule has 0 aliphatic carbocycles. The highest BCUT2D eigenvalue weighted by atomic mass is 16.6. The van der Waals surface area contributed by atoms with Crippen molar-refractivity contribution in [3.8, 4) is 0 Å². The normalized spacial score (nSPS) is 11.4. The van der Waals surface area contributed by atoms with Crippen LogP contribution < -0.4 is 5.32 Å². The van der Waals surface area contributed by atoms with E-state index in [4.69, 9.17) is 4.74 Å². The molecule has 0 fully saturated rings. The predicted molar refractivity (Wildman–Crippen MR) is 90.9 cm³/mol. The van der Waals surface area contributed by atoms with Crippen molar-refractivity contribution in [2.24, 2.45) is 0 Å². The Hall–Kier alpha value is -3.22. The molecular formula is C18H18N2O5. The van der Waals surface area contributed by atoms with E-state index >= 15 is 0 Å². The lowest BCUT2D eigenvalue weighted by Crippen LogP contribution is -2.43. The van der Waals surface area contributed by atoms with E-state index in [1.807, 2.05) is 18.2 Å². The summed E-state index contributed by atoms with van der Waals surface area (Å²) < 4.78 is 4.71. The fourth-order valence-electron chi connectivity index (χ4n) is 2.44. The molecular weight excluding hydrogens is 324 g/mol. The molecule has 2 aromatic carbocycles. The first-order valence-electron chi connectivity index (χ1n) is 7.64. The number of methoxy groups -OCH3 is 1. The summed E-state index contributed by atoms with van der Waals surface area (Å²) in [5.74, 6) is -1.01. The van der Waals surface area contributed by atoms with Crippen molar-refractivity contribution in [1.29, 1.82) is 0 Å². The van der Waals surface area contributed by atoms with Crippen LogP contribution in [0.5, 0.6) is 0 Å². The molecule has 1 amide bonds. The Kier molecular flexibility index (Phi) is 6.22. The summed E-state index contributed by atoms with van der Waals surface area (Å²) in [4.78, 5) is 34.8. The number of nitro benzene ring substituents is 1. The molecule has 0 bridgehead atoms. The number of para-hydroxylation sites is 1. The zero-order valence-electron chi connectivity index (χ0n) is 13.7. The van der Waals surface area contributed by atoms with E-state index in [9.17, 15) is 19.7 Å². The second-order valence-corrected chi connectivity index (χ2v) is 5.40. The van der Waals surface area contributed by atoms with Crippen molar-refractivity contribution >= 4 is 17.6 Å². The molecule has 0 aliphatic heterocycles. The molecule has 2 rings (SSSR count). The Bertz CT molecular complexity index is 761. The topological polar surface area (TPSA) is 98.5 Å². The molecule has 7 heteroatoms. The van der Waals surface area contributed by atoms with Gasteiger partial charge in [-0.1, -0.05) is 48.5 Å². The second-order valence-electron chi connectivity index (χ2n) is 5.40. The third kappa shape index (κ3) is 5.13. The Morgan fingerprint density at radius 1 is 1.12 bits per heavy atom. The number of nitro groups is 1. The van der Waals surface area contributed by atoms with Crippen molar-refractivity contribution in [1.82, 2.24) is 5.32 Å². The molecule has 1 atom stereocenters. The highest BCUT2D eigenvalue weighted by Gasteiger charge is 2.25. The molecule has 0 aliphatic rings. The second kappa shape index (κ2) is 8.58. The van der Waals surface area contributed by atoms with Crippen molar-refractivity contribution in [3.63, 3.8) is 0 Å². The number of nitrogens with one attached hydrogen (secondary N) is 1. The lowest BCUT2D eigenvalue weighted by atomic mass is 10.0. The highest BCUT2D eigenvalue weighted by molar-refractivity contribution is 5.85. The Labute approximate surface area is 144 Å². The van der Waals surface area contributed by atoms with Gasteiger partial charge in [0.15, 0.2) is 0 Å². The van der Waals surface area contributed by atoms with Crippen LogP contribution in [-0.4, -0.2) is 30.0 Å². The Balaban J connectivity index is 2.13. The summed E-state index contributed by atoms with van der Waals surface area (Å²) in [5.41, 5.74) is 1.05. The van der Waals surface area contributed by atoms with Crippen molar-refractivity contribution in [2.75, 3.05) is 7.11 Å². The van der Waals surface area contributed by atoms with Gasteiger partial charge in [-0.15, -0.1) is 0 Å². The number of amides is 1. The van der Waals surface area contributed by atoms with Crippen LogP contribution in [0.25, 0.3) is 0 Å². The molecule has 7 nitrogen and oxygen atoms in total. The first kappa shape index (κ1) is 18.1. The van der Waals surface area contributed by atoms with Gasteiger partial charge in [0.25, 0.3) is 5.69 Å². The molecule has 0 unspecified atom stereocenters. The van der Waals surface area contributed by atoms with Crippen LogP contribution in [0, 0.1) is 10.1 Å². The fourth-order valence-corrected chi connectivity index (χ4v) is 2.44. The Morgan fingerprint density at radius 3 is 2.40 bits per heavy atom. The van der Waals surface area contributed by atoms with E-state index in [0.29, 0.717) is 5.56 Å². The monoisotopic (exact) mass is 342 g/mol. The summed E-state index contributed by atoms with van der Waals surface area (Å²) in [6.45, 7) is 0. The molecule has 0 radical (unpaired) electrons. The van der Waals surface area contributed by atoms with Gasteiger partial charge in [-0.2, -0.15) is 0 Å². The van der Waals surface area contributed by atoms with Crippen molar-refractivity contribution in [3.05, 3.63) is 75.8 Å². The molecule has 1 N–H and O–H groups in total. The molecule has 0 saturated heterocycles. The van der Waals surface area contributed by atoms with Gasteiger partial charge in [-0.3, -0.25) is 14.9 Å². The lowest BCUT2D eigenvalue weighted by Gasteiger charge is -2.16. The number of rotatable bonds is 7. The molecule has 0 spiro atoms. The van der Waals surface area contributed by atoms with Gasteiger partial charge >= 0.3 is 5.97 Å². The van der Waals surface area contributed by atoms with E-state index in [1.54, 1.807) is 30.3 Å². The zero-order valence-corrected chi connectivity index (χ0v) is 13.7. The van der Waals surface area contributed by atoms with Gasteiger partial charge in [-0.05, 0) is 5.56 Å². The fraction of sp³-hybridized carbons (Fsp3) is 0.222. The minimum atomic E-state index is -0.998. The van der Waals surface area contributed by atoms with Gasteiger partial charge in [0.2, 0.25) is 5.91 Å². The number of hydrogen-bond donors (Lipinski definition) is 1. The maximum atomic E-state index is 12.2. The maximum Gasteiger partial charge on any atom is 0.328 e. The average molecular weight is 342 g/mol. The molecule has 25 heavy (non-hydrogen) atoms. The first-order chi connectivity index (χ1) is 12.0. The van der Waals surface area contributed by atoms with E-state index in [2.05, 4.69) is 5.32 Å². The van der Waals surface area contributed by atoms with Gasteiger partial charge in [0, 0.05) is 18.1 Å². The summed E-state index contributed by atoms with van der Waals surface area (Å²) in [6.07, 6.45) is 0.0789. The largest absolute Gasteiger partial charge is 0.467 e. The van der Waals surface area contributed by atoms with Crippen LogP contribution >= 0.6 is 0 Å². The van der Waals surface area contributed by atoms with Crippen LogP contribution in [0.3, 0.4) is 0 Å². The smallest absolute Gasteiger partial charge is 0.328 e. The van der Waals surface area contributed by atoms with Crippen LogP contribution in [0.15, 0.2) is 54.6 Å². The number of ether oxygens (including phenoxy) is 1. The van der Waals surface area contributed by atoms with Crippen LogP contribution in [0.4, 0.5) is 5.69 Å². The highest BCUT2D eigenvalue weighted by Crippen LogP contribution is 2.19. The lowest BCUT2D eigenvalue weighted by molar-refractivity contribution is -0.385. The average Bonchev–Trinajstić information content (AvgIpc) is 2.61. The van der Waals surface area contributed by atoms with Crippen LogP contribution in [0.1, 0.15) is 11.1 Å². The van der Waals surface area contributed by atoms with Crippen molar-refractivity contribution in [2.45, 2.75) is 18.9 Å². The van der Waals surface area contributed by atoms with Crippen LogP contribution in [0.2, 0.25) is 0 Å². The minimum absolute atomic E-state index is 0.0235.